The number of ether oxygens (including phenoxy) is 2. The highest BCUT2D eigenvalue weighted by Gasteiger charge is 2.21. The van der Waals surface area contributed by atoms with Crippen LogP contribution in [0.5, 0.6) is 11.5 Å². The highest BCUT2D eigenvalue weighted by molar-refractivity contribution is 7.13. The summed E-state index contributed by atoms with van der Waals surface area (Å²) < 4.78 is 10.9. The number of carbonyl (C=O) groups excluding carboxylic acids is 1. The molecule has 0 atom stereocenters. The zero-order chi connectivity index (χ0) is 21.6. The van der Waals surface area contributed by atoms with Gasteiger partial charge in [-0.1, -0.05) is 66.7 Å². The summed E-state index contributed by atoms with van der Waals surface area (Å²) in [5.74, 6) is 0.981. The van der Waals surface area contributed by atoms with Gasteiger partial charge in [-0.05, 0) is 23.3 Å². The van der Waals surface area contributed by atoms with Gasteiger partial charge in [0.15, 0.2) is 11.5 Å². The molecule has 0 saturated heterocycles. The summed E-state index contributed by atoms with van der Waals surface area (Å²) in [5, 5.41) is 5.58. The number of thiazole rings is 1. The lowest BCUT2D eigenvalue weighted by Gasteiger charge is -2.19. The molecule has 3 aromatic carbocycles. The molecule has 0 fully saturated rings. The minimum Gasteiger partial charge on any atom is -0.493 e. The average Bonchev–Trinajstić information content (AvgIpc) is 3.33. The molecule has 4 rings (SSSR count). The van der Waals surface area contributed by atoms with Gasteiger partial charge in [-0.25, -0.2) is 4.98 Å². The van der Waals surface area contributed by atoms with Crippen LogP contribution >= 0.6 is 11.3 Å². The van der Waals surface area contributed by atoms with Gasteiger partial charge in [0.2, 0.25) is 0 Å². The number of nitrogens with one attached hydrogen (secondary N) is 1. The summed E-state index contributed by atoms with van der Waals surface area (Å²) in [6, 6.07) is 25.1. The van der Waals surface area contributed by atoms with Gasteiger partial charge in [-0.15, -0.1) is 11.3 Å². The molecule has 0 aliphatic carbocycles. The third-order valence-electron chi connectivity index (χ3n) is 4.91. The highest BCUT2D eigenvalue weighted by Crippen LogP contribution is 2.39. The maximum Gasteiger partial charge on any atom is 0.271 e. The summed E-state index contributed by atoms with van der Waals surface area (Å²) >= 11 is 1.39. The Morgan fingerprint density at radius 1 is 0.871 bits per heavy atom. The van der Waals surface area contributed by atoms with E-state index in [1.165, 1.54) is 11.3 Å². The van der Waals surface area contributed by atoms with Crippen LogP contribution in [0.1, 0.15) is 27.7 Å². The van der Waals surface area contributed by atoms with Crippen molar-refractivity contribution in [1.82, 2.24) is 10.3 Å². The Morgan fingerprint density at radius 2 is 1.52 bits per heavy atom. The van der Waals surface area contributed by atoms with Crippen LogP contribution in [0.3, 0.4) is 0 Å². The molecule has 1 heterocycles. The maximum atomic E-state index is 13.1. The minimum atomic E-state index is -0.272. The quantitative estimate of drug-likeness (QED) is 0.430. The van der Waals surface area contributed by atoms with Crippen molar-refractivity contribution in [2.45, 2.75) is 6.04 Å². The number of nitrogens with zero attached hydrogens (tertiary/aromatic N) is 1. The summed E-state index contributed by atoms with van der Waals surface area (Å²) in [4.78, 5) is 17.7. The summed E-state index contributed by atoms with van der Waals surface area (Å²) in [6.45, 7) is 0. The fourth-order valence-electron chi connectivity index (χ4n) is 3.41. The first-order chi connectivity index (χ1) is 15.2. The van der Waals surface area contributed by atoms with Crippen molar-refractivity contribution in [1.29, 1.82) is 0 Å². The Labute approximate surface area is 185 Å². The number of carbonyl (C=O) groups is 1. The van der Waals surface area contributed by atoms with Crippen LogP contribution in [-0.4, -0.2) is 25.1 Å². The van der Waals surface area contributed by atoms with E-state index in [9.17, 15) is 4.79 Å². The molecular formula is C25H22N2O3S. The largest absolute Gasteiger partial charge is 0.493 e. The number of para-hydroxylation sites is 1. The normalized spacial score (nSPS) is 10.7. The Bertz CT molecular complexity index is 1120. The van der Waals surface area contributed by atoms with Gasteiger partial charge in [-0.2, -0.15) is 0 Å². The lowest BCUT2D eigenvalue weighted by atomic mass is 9.98. The number of hydrogen-bond acceptors (Lipinski definition) is 5. The highest BCUT2D eigenvalue weighted by atomic mass is 32.1. The van der Waals surface area contributed by atoms with Gasteiger partial charge in [0.1, 0.15) is 10.7 Å². The standard InChI is InChI=1S/C25H22N2O3S/c1-29-21-15-9-14-19(23(21)30-2)25-26-20(16-31-25)24(28)27-22(17-10-5-3-6-11-17)18-12-7-4-8-13-18/h3-16,22H,1-2H3,(H,27,28). The molecule has 0 saturated carbocycles. The number of methoxy groups -OCH3 is 2. The zero-order valence-electron chi connectivity index (χ0n) is 17.2. The van der Waals surface area contributed by atoms with Crippen molar-refractivity contribution in [2.75, 3.05) is 14.2 Å². The van der Waals surface area contributed by atoms with E-state index >= 15 is 0 Å². The van der Waals surface area contributed by atoms with Gasteiger partial charge in [0, 0.05) is 5.38 Å². The van der Waals surface area contributed by atoms with Gasteiger partial charge in [0.25, 0.3) is 5.91 Å². The van der Waals surface area contributed by atoms with E-state index in [1.54, 1.807) is 19.6 Å². The number of amides is 1. The summed E-state index contributed by atoms with van der Waals surface area (Å²) in [6.07, 6.45) is 0. The Morgan fingerprint density at radius 3 is 2.10 bits per heavy atom. The molecule has 156 valence electrons. The lowest BCUT2D eigenvalue weighted by Crippen LogP contribution is -2.29. The molecule has 4 aromatic rings. The Balaban J connectivity index is 1.63. The van der Waals surface area contributed by atoms with Crippen LogP contribution in [0.15, 0.2) is 84.2 Å². The van der Waals surface area contributed by atoms with Crippen LogP contribution in [0.4, 0.5) is 0 Å². The van der Waals surface area contributed by atoms with Crippen molar-refractivity contribution < 1.29 is 14.3 Å². The van der Waals surface area contributed by atoms with E-state index in [1.807, 2.05) is 78.9 Å². The number of benzene rings is 3. The van der Waals surface area contributed by atoms with Crippen LogP contribution in [-0.2, 0) is 0 Å². The molecule has 1 aromatic heterocycles. The van der Waals surface area contributed by atoms with Crippen LogP contribution in [0, 0.1) is 0 Å². The molecule has 0 radical (unpaired) electrons. The molecule has 1 amide bonds. The van der Waals surface area contributed by atoms with Crippen LogP contribution in [0.25, 0.3) is 10.6 Å². The summed E-state index contributed by atoms with van der Waals surface area (Å²) in [7, 11) is 3.18. The Kier molecular flexibility index (Phi) is 6.29. The third-order valence-corrected chi connectivity index (χ3v) is 5.79. The minimum absolute atomic E-state index is 0.234. The predicted octanol–water partition coefficient (Wildman–Crippen LogP) is 5.35. The van der Waals surface area contributed by atoms with Crippen molar-refractivity contribution in [3.05, 3.63) is 101 Å². The molecule has 5 nitrogen and oxygen atoms in total. The first-order valence-corrected chi connectivity index (χ1v) is 10.7. The van der Waals surface area contributed by atoms with Crippen LogP contribution < -0.4 is 14.8 Å². The monoisotopic (exact) mass is 430 g/mol. The molecule has 0 bridgehead atoms. The van der Waals surface area contributed by atoms with E-state index in [0.717, 1.165) is 16.7 Å². The Hall–Kier alpha value is -3.64. The molecular weight excluding hydrogens is 408 g/mol. The molecule has 0 aliphatic rings. The average molecular weight is 431 g/mol. The van der Waals surface area contributed by atoms with Gasteiger partial charge in [0.05, 0.1) is 25.8 Å². The van der Waals surface area contributed by atoms with Crippen molar-refractivity contribution in [3.8, 4) is 22.1 Å². The lowest BCUT2D eigenvalue weighted by molar-refractivity contribution is 0.0938. The zero-order valence-corrected chi connectivity index (χ0v) is 18.1. The fraction of sp³-hybridized carbons (Fsp3) is 0.120. The van der Waals surface area contributed by atoms with E-state index in [-0.39, 0.29) is 11.9 Å². The number of rotatable bonds is 7. The second-order valence-electron chi connectivity index (χ2n) is 6.81. The topological polar surface area (TPSA) is 60.5 Å². The van der Waals surface area contributed by atoms with E-state index in [0.29, 0.717) is 22.2 Å². The van der Waals surface area contributed by atoms with Crippen molar-refractivity contribution >= 4 is 17.2 Å². The first kappa shape index (κ1) is 20.6. The smallest absolute Gasteiger partial charge is 0.271 e. The van der Waals surface area contributed by atoms with E-state index in [2.05, 4.69) is 10.3 Å². The first-order valence-electron chi connectivity index (χ1n) is 9.79. The van der Waals surface area contributed by atoms with E-state index < -0.39 is 0 Å². The van der Waals surface area contributed by atoms with Gasteiger partial charge in [-0.3, -0.25) is 4.79 Å². The van der Waals surface area contributed by atoms with Gasteiger partial charge >= 0.3 is 0 Å². The summed E-state index contributed by atoms with van der Waals surface area (Å²) in [5.41, 5.74) is 3.16. The molecule has 6 heteroatoms. The second kappa shape index (κ2) is 9.45. The van der Waals surface area contributed by atoms with Crippen molar-refractivity contribution in [2.24, 2.45) is 0 Å². The van der Waals surface area contributed by atoms with Crippen LogP contribution in [0.2, 0.25) is 0 Å². The maximum absolute atomic E-state index is 13.1. The SMILES string of the molecule is COc1cccc(-c2nc(C(=O)NC(c3ccccc3)c3ccccc3)cs2)c1OC. The number of hydrogen-bond donors (Lipinski definition) is 1. The fourth-order valence-corrected chi connectivity index (χ4v) is 4.23. The molecule has 0 aliphatic heterocycles. The van der Waals surface area contributed by atoms with E-state index in [4.69, 9.17) is 9.47 Å². The molecule has 0 unspecified atom stereocenters. The van der Waals surface area contributed by atoms with Gasteiger partial charge < -0.3 is 14.8 Å². The third kappa shape index (κ3) is 4.44. The molecule has 31 heavy (non-hydrogen) atoms. The molecule has 0 spiro atoms. The van der Waals surface area contributed by atoms with Crippen molar-refractivity contribution in [3.63, 3.8) is 0 Å². The predicted molar refractivity (Wildman–Crippen MR) is 123 cm³/mol. The second-order valence-corrected chi connectivity index (χ2v) is 7.66. The number of aromatic nitrogens is 1. The molecule has 1 N–H and O–H groups in total.